The molecule has 2 aromatic rings. The lowest BCUT2D eigenvalue weighted by atomic mass is 10.1. The molecule has 3 amide bonds. The number of rotatable bonds is 7. The third-order valence-corrected chi connectivity index (χ3v) is 3.94. The lowest BCUT2D eigenvalue weighted by Gasteiger charge is -2.10. The van der Waals surface area contributed by atoms with Gasteiger partial charge in [-0.15, -0.1) is 0 Å². The Kier molecular flexibility index (Phi) is 5.98. The van der Waals surface area contributed by atoms with Crippen molar-refractivity contribution in [3.63, 3.8) is 0 Å². The molecule has 1 aliphatic heterocycles. The first kappa shape index (κ1) is 18.4. The SMILES string of the molecule is COc1ccccc1CCNC(=O)NCC(=O)Nc1ccc2c(c1)OCO2. The Morgan fingerprint density at radius 2 is 1.89 bits per heavy atom. The summed E-state index contributed by atoms with van der Waals surface area (Å²) < 4.78 is 15.7. The number of ether oxygens (including phenoxy) is 3. The van der Waals surface area contributed by atoms with Crippen LogP contribution in [0.5, 0.6) is 17.2 Å². The number of para-hydroxylation sites is 1. The smallest absolute Gasteiger partial charge is 0.315 e. The van der Waals surface area contributed by atoms with Crippen LogP contribution in [0.25, 0.3) is 0 Å². The fourth-order valence-electron chi connectivity index (χ4n) is 2.62. The van der Waals surface area contributed by atoms with Crippen molar-refractivity contribution in [1.82, 2.24) is 10.6 Å². The van der Waals surface area contributed by atoms with Crippen molar-refractivity contribution in [3.8, 4) is 17.2 Å². The van der Waals surface area contributed by atoms with Gasteiger partial charge in [0.1, 0.15) is 5.75 Å². The summed E-state index contributed by atoms with van der Waals surface area (Å²) >= 11 is 0. The molecule has 3 rings (SSSR count). The van der Waals surface area contributed by atoms with Crippen LogP contribution in [-0.4, -0.2) is 38.9 Å². The molecule has 0 aliphatic carbocycles. The second-order valence-corrected chi connectivity index (χ2v) is 5.79. The van der Waals surface area contributed by atoms with Gasteiger partial charge in [-0.2, -0.15) is 0 Å². The van der Waals surface area contributed by atoms with Gasteiger partial charge >= 0.3 is 6.03 Å². The summed E-state index contributed by atoms with van der Waals surface area (Å²) in [5.41, 5.74) is 1.57. The van der Waals surface area contributed by atoms with Gasteiger partial charge in [0, 0.05) is 18.3 Å². The van der Waals surface area contributed by atoms with Crippen LogP contribution in [0.1, 0.15) is 5.56 Å². The van der Waals surface area contributed by atoms with E-state index in [0.29, 0.717) is 30.2 Å². The van der Waals surface area contributed by atoms with Gasteiger partial charge < -0.3 is 30.2 Å². The zero-order chi connectivity index (χ0) is 19.1. The molecule has 1 aliphatic rings. The Labute approximate surface area is 156 Å². The first-order valence-corrected chi connectivity index (χ1v) is 8.49. The van der Waals surface area contributed by atoms with Crippen LogP contribution in [0.2, 0.25) is 0 Å². The number of fused-ring (bicyclic) bond motifs is 1. The van der Waals surface area contributed by atoms with E-state index in [9.17, 15) is 9.59 Å². The predicted octanol–water partition coefficient (Wildman–Crippen LogP) is 1.90. The van der Waals surface area contributed by atoms with Crippen LogP contribution < -0.4 is 30.2 Å². The van der Waals surface area contributed by atoms with Crippen LogP contribution in [0.15, 0.2) is 42.5 Å². The fraction of sp³-hybridized carbons (Fsp3) is 0.263. The normalized spacial score (nSPS) is 11.6. The zero-order valence-corrected chi connectivity index (χ0v) is 14.9. The summed E-state index contributed by atoms with van der Waals surface area (Å²) in [6.45, 7) is 0.453. The monoisotopic (exact) mass is 371 g/mol. The van der Waals surface area contributed by atoms with Crippen LogP contribution in [0.3, 0.4) is 0 Å². The minimum Gasteiger partial charge on any atom is -0.496 e. The first-order chi connectivity index (χ1) is 13.2. The third kappa shape index (κ3) is 5.04. The van der Waals surface area contributed by atoms with Crippen molar-refractivity contribution in [2.24, 2.45) is 0 Å². The molecule has 0 aromatic heterocycles. The van der Waals surface area contributed by atoms with Crippen molar-refractivity contribution in [2.45, 2.75) is 6.42 Å². The largest absolute Gasteiger partial charge is 0.496 e. The predicted molar refractivity (Wildman–Crippen MR) is 99.3 cm³/mol. The average molecular weight is 371 g/mol. The van der Waals surface area contributed by atoms with E-state index in [1.165, 1.54) is 0 Å². The summed E-state index contributed by atoms with van der Waals surface area (Å²) in [5.74, 6) is 1.66. The van der Waals surface area contributed by atoms with Gasteiger partial charge in [-0.1, -0.05) is 18.2 Å². The highest BCUT2D eigenvalue weighted by Crippen LogP contribution is 2.34. The van der Waals surface area contributed by atoms with Gasteiger partial charge in [0.15, 0.2) is 11.5 Å². The van der Waals surface area contributed by atoms with Crippen molar-refractivity contribution in [2.75, 3.05) is 32.3 Å². The number of carbonyl (C=O) groups excluding carboxylic acids is 2. The van der Waals surface area contributed by atoms with Crippen molar-refractivity contribution < 1.29 is 23.8 Å². The van der Waals surface area contributed by atoms with Crippen molar-refractivity contribution in [1.29, 1.82) is 0 Å². The van der Waals surface area contributed by atoms with Crippen LogP contribution in [0, 0.1) is 0 Å². The molecular formula is C19H21N3O5. The van der Waals surface area contributed by atoms with E-state index in [4.69, 9.17) is 14.2 Å². The van der Waals surface area contributed by atoms with E-state index >= 15 is 0 Å². The van der Waals surface area contributed by atoms with E-state index in [-0.39, 0.29) is 19.2 Å². The van der Waals surface area contributed by atoms with Crippen LogP contribution in [0.4, 0.5) is 10.5 Å². The Bertz CT molecular complexity index is 825. The molecule has 0 bridgehead atoms. The molecule has 27 heavy (non-hydrogen) atoms. The fourth-order valence-corrected chi connectivity index (χ4v) is 2.62. The minimum absolute atomic E-state index is 0.144. The number of hydrogen-bond donors (Lipinski definition) is 3. The Morgan fingerprint density at radius 3 is 2.74 bits per heavy atom. The second kappa shape index (κ2) is 8.79. The van der Waals surface area contributed by atoms with Gasteiger partial charge in [-0.3, -0.25) is 4.79 Å². The standard InChI is InChI=1S/C19H21N3O5/c1-25-15-5-3-2-4-13(15)8-9-20-19(24)21-11-18(23)22-14-6-7-16-17(10-14)27-12-26-16/h2-7,10H,8-9,11-12H2,1H3,(H,22,23)(H2,20,21,24). The zero-order valence-electron chi connectivity index (χ0n) is 14.9. The Balaban J connectivity index is 1.38. The number of nitrogens with one attached hydrogen (secondary N) is 3. The number of amides is 3. The number of anilines is 1. The molecule has 0 saturated carbocycles. The molecule has 0 saturated heterocycles. The Morgan fingerprint density at radius 1 is 1.07 bits per heavy atom. The van der Waals surface area contributed by atoms with Gasteiger partial charge in [0.2, 0.25) is 12.7 Å². The van der Waals surface area contributed by atoms with Crippen molar-refractivity contribution in [3.05, 3.63) is 48.0 Å². The van der Waals surface area contributed by atoms with E-state index in [1.54, 1.807) is 25.3 Å². The molecule has 0 atom stereocenters. The molecule has 2 aromatic carbocycles. The van der Waals surface area contributed by atoms with E-state index in [1.807, 2.05) is 24.3 Å². The molecule has 8 heteroatoms. The highest BCUT2D eigenvalue weighted by molar-refractivity contribution is 5.94. The lowest BCUT2D eigenvalue weighted by Crippen LogP contribution is -2.40. The molecular weight excluding hydrogens is 350 g/mol. The average Bonchev–Trinajstić information content (AvgIpc) is 3.14. The van der Waals surface area contributed by atoms with Gasteiger partial charge in [0.25, 0.3) is 0 Å². The van der Waals surface area contributed by atoms with Crippen LogP contribution >= 0.6 is 0 Å². The van der Waals surface area contributed by atoms with Gasteiger partial charge in [-0.05, 0) is 30.2 Å². The number of hydrogen-bond acceptors (Lipinski definition) is 5. The van der Waals surface area contributed by atoms with Crippen molar-refractivity contribution >= 4 is 17.6 Å². The summed E-state index contributed by atoms with van der Waals surface area (Å²) in [6.07, 6.45) is 0.626. The second-order valence-electron chi connectivity index (χ2n) is 5.79. The number of methoxy groups -OCH3 is 1. The topological polar surface area (TPSA) is 97.9 Å². The van der Waals surface area contributed by atoms with E-state index in [0.717, 1.165) is 11.3 Å². The molecule has 1 heterocycles. The van der Waals surface area contributed by atoms with Crippen LogP contribution in [-0.2, 0) is 11.2 Å². The summed E-state index contributed by atoms with van der Waals surface area (Å²) in [6, 6.07) is 12.3. The molecule has 0 spiro atoms. The van der Waals surface area contributed by atoms with E-state index in [2.05, 4.69) is 16.0 Å². The van der Waals surface area contributed by atoms with Gasteiger partial charge in [-0.25, -0.2) is 4.79 Å². The lowest BCUT2D eigenvalue weighted by molar-refractivity contribution is -0.115. The molecule has 0 fully saturated rings. The maximum absolute atomic E-state index is 12.0. The maximum atomic E-state index is 12.0. The quantitative estimate of drug-likeness (QED) is 0.691. The summed E-state index contributed by atoms with van der Waals surface area (Å²) in [4.78, 5) is 23.8. The number of carbonyl (C=O) groups is 2. The highest BCUT2D eigenvalue weighted by atomic mass is 16.7. The third-order valence-electron chi connectivity index (χ3n) is 3.94. The number of benzene rings is 2. The molecule has 8 nitrogen and oxygen atoms in total. The minimum atomic E-state index is -0.411. The molecule has 3 N–H and O–H groups in total. The van der Waals surface area contributed by atoms with E-state index < -0.39 is 6.03 Å². The summed E-state index contributed by atoms with van der Waals surface area (Å²) in [7, 11) is 1.61. The molecule has 142 valence electrons. The maximum Gasteiger partial charge on any atom is 0.315 e. The highest BCUT2D eigenvalue weighted by Gasteiger charge is 2.14. The molecule has 0 radical (unpaired) electrons. The van der Waals surface area contributed by atoms with Gasteiger partial charge in [0.05, 0.1) is 13.7 Å². The first-order valence-electron chi connectivity index (χ1n) is 8.49. The summed E-state index contributed by atoms with van der Waals surface area (Å²) in [5, 5.41) is 7.92. The Hall–Kier alpha value is -3.42. The number of urea groups is 1. The molecule has 0 unspecified atom stereocenters.